The van der Waals surface area contributed by atoms with Gasteiger partial charge >= 0.3 is 0 Å². The summed E-state index contributed by atoms with van der Waals surface area (Å²) in [4.78, 5) is 9.96. The first kappa shape index (κ1) is 9.39. The van der Waals surface area contributed by atoms with Gasteiger partial charge in [-0.2, -0.15) is 0 Å². The molecule has 15 heavy (non-hydrogen) atoms. The van der Waals surface area contributed by atoms with Crippen LogP contribution in [0, 0.1) is 15.9 Å². The zero-order valence-electron chi connectivity index (χ0n) is 7.63. The molecule has 0 spiro atoms. The Morgan fingerprint density at radius 3 is 2.53 bits per heavy atom. The minimum absolute atomic E-state index is 0.125. The topological polar surface area (TPSA) is 48.1 Å². The second-order valence-corrected chi connectivity index (χ2v) is 2.98. The Morgan fingerprint density at radius 2 is 1.93 bits per heavy atom. The third-order valence-corrected chi connectivity index (χ3v) is 2.02. The van der Waals surface area contributed by atoms with E-state index in [1.165, 1.54) is 10.6 Å². The van der Waals surface area contributed by atoms with Crippen molar-refractivity contribution >= 4 is 5.69 Å². The Bertz CT molecular complexity index is 494. The fourth-order valence-electron chi connectivity index (χ4n) is 1.31. The van der Waals surface area contributed by atoms with Gasteiger partial charge in [0.2, 0.25) is 0 Å². The number of hydrogen-bond acceptors (Lipinski definition) is 2. The average Bonchev–Trinajstić information content (AvgIpc) is 2.71. The predicted molar refractivity (Wildman–Crippen MR) is 52.4 cm³/mol. The summed E-state index contributed by atoms with van der Waals surface area (Å²) >= 11 is 0. The summed E-state index contributed by atoms with van der Waals surface area (Å²) in [5, 5.41) is 10.5. The molecule has 0 saturated carbocycles. The van der Waals surface area contributed by atoms with Crippen molar-refractivity contribution in [3.63, 3.8) is 0 Å². The van der Waals surface area contributed by atoms with Crippen LogP contribution in [0.15, 0.2) is 42.7 Å². The molecule has 0 saturated heterocycles. The average molecular weight is 206 g/mol. The van der Waals surface area contributed by atoms with Crippen LogP contribution in [0.2, 0.25) is 0 Å². The number of benzene rings is 1. The largest absolute Gasteiger partial charge is 0.321 e. The molecule has 0 radical (unpaired) electrons. The lowest BCUT2D eigenvalue weighted by Gasteiger charge is -2.03. The van der Waals surface area contributed by atoms with Crippen LogP contribution in [0.1, 0.15) is 0 Å². The summed E-state index contributed by atoms with van der Waals surface area (Å²) in [6.07, 6.45) is 3.25. The van der Waals surface area contributed by atoms with Gasteiger partial charge in [0.1, 0.15) is 5.82 Å². The van der Waals surface area contributed by atoms with Crippen molar-refractivity contribution in [1.82, 2.24) is 4.57 Å². The highest BCUT2D eigenvalue weighted by Crippen LogP contribution is 2.20. The summed E-state index contributed by atoms with van der Waals surface area (Å²) in [5.74, 6) is -0.489. The molecule has 2 rings (SSSR count). The number of halogens is 1. The lowest BCUT2D eigenvalue weighted by molar-refractivity contribution is -0.384. The van der Waals surface area contributed by atoms with Crippen LogP contribution in [0.4, 0.5) is 10.1 Å². The van der Waals surface area contributed by atoms with Crippen LogP contribution in [-0.4, -0.2) is 9.49 Å². The standard InChI is InChI=1S/C10H7FN2O2/c11-9-4-3-8(13(14)15)7-10(9)12-5-1-2-6-12/h1-7H. The zero-order chi connectivity index (χ0) is 10.8. The number of nitro benzene ring substituents is 1. The van der Waals surface area contributed by atoms with E-state index in [1.807, 2.05) is 0 Å². The molecular weight excluding hydrogens is 199 g/mol. The number of aromatic nitrogens is 1. The van der Waals surface area contributed by atoms with E-state index in [1.54, 1.807) is 24.5 Å². The van der Waals surface area contributed by atoms with Crippen molar-refractivity contribution in [2.75, 3.05) is 0 Å². The predicted octanol–water partition coefficient (Wildman–Crippen LogP) is 2.52. The van der Waals surface area contributed by atoms with Crippen LogP contribution in [0.5, 0.6) is 0 Å². The first-order valence-electron chi connectivity index (χ1n) is 4.26. The summed E-state index contributed by atoms with van der Waals surface area (Å²) < 4.78 is 14.8. The van der Waals surface area contributed by atoms with Crippen molar-refractivity contribution in [3.8, 4) is 5.69 Å². The molecule has 0 aliphatic rings. The molecule has 4 nitrogen and oxygen atoms in total. The molecule has 5 heteroatoms. The summed E-state index contributed by atoms with van der Waals surface area (Å²) in [6.45, 7) is 0. The molecule has 0 amide bonds. The molecule has 0 atom stereocenters. The lowest BCUT2D eigenvalue weighted by Crippen LogP contribution is -1.96. The third-order valence-electron chi connectivity index (χ3n) is 2.02. The highest BCUT2D eigenvalue weighted by molar-refractivity contribution is 5.44. The molecule has 2 aromatic rings. The van der Waals surface area contributed by atoms with E-state index in [2.05, 4.69) is 0 Å². The third kappa shape index (κ3) is 1.71. The van der Waals surface area contributed by atoms with E-state index in [4.69, 9.17) is 0 Å². The van der Waals surface area contributed by atoms with Gasteiger partial charge < -0.3 is 4.57 Å². The summed E-state index contributed by atoms with van der Waals surface area (Å²) in [6, 6.07) is 6.88. The van der Waals surface area contributed by atoms with Gasteiger partial charge in [0.25, 0.3) is 5.69 Å². The van der Waals surface area contributed by atoms with Gasteiger partial charge in [-0.3, -0.25) is 10.1 Å². The Morgan fingerprint density at radius 1 is 1.27 bits per heavy atom. The molecule has 0 aliphatic carbocycles. The first-order chi connectivity index (χ1) is 7.18. The first-order valence-corrected chi connectivity index (χ1v) is 4.26. The van der Waals surface area contributed by atoms with Crippen molar-refractivity contribution in [1.29, 1.82) is 0 Å². The van der Waals surface area contributed by atoms with Gasteiger partial charge in [-0.25, -0.2) is 4.39 Å². The van der Waals surface area contributed by atoms with Crippen LogP contribution in [0.3, 0.4) is 0 Å². The molecule has 1 aromatic heterocycles. The lowest BCUT2D eigenvalue weighted by atomic mass is 10.2. The van der Waals surface area contributed by atoms with E-state index >= 15 is 0 Å². The number of rotatable bonds is 2. The van der Waals surface area contributed by atoms with Crippen molar-refractivity contribution < 1.29 is 9.31 Å². The van der Waals surface area contributed by atoms with Gasteiger partial charge in [0, 0.05) is 24.5 Å². The Hall–Kier alpha value is -2.17. The molecule has 76 valence electrons. The molecule has 1 heterocycles. The molecular formula is C10H7FN2O2. The monoisotopic (exact) mass is 206 g/mol. The van der Waals surface area contributed by atoms with Crippen LogP contribution < -0.4 is 0 Å². The Labute approximate surface area is 84.7 Å². The molecule has 0 unspecified atom stereocenters. The Balaban J connectivity index is 2.55. The number of nitrogens with zero attached hydrogens (tertiary/aromatic N) is 2. The van der Waals surface area contributed by atoms with Crippen LogP contribution >= 0.6 is 0 Å². The van der Waals surface area contributed by atoms with E-state index in [0.717, 1.165) is 12.1 Å². The van der Waals surface area contributed by atoms with Crippen molar-refractivity contribution in [3.05, 3.63) is 58.7 Å². The summed E-state index contributed by atoms with van der Waals surface area (Å²) in [5.41, 5.74) is 0.0503. The zero-order valence-corrected chi connectivity index (χ0v) is 7.63. The number of nitro groups is 1. The number of non-ortho nitro benzene ring substituents is 1. The minimum atomic E-state index is -0.549. The number of hydrogen-bond donors (Lipinski definition) is 0. The van der Waals surface area contributed by atoms with E-state index in [9.17, 15) is 14.5 Å². The van der Waals surface area contributed by atoms with E-state index in [0.29, 0.717) is 0 Å². The Kier molecular flexibility index (Phi) is 2.21. The molecule has 0 bridgehead atoms. The highest BCUT2D eigenvalue weighted by atomic mass is 19.1. The maximum absolute atomic E-state index is 13.4. The second-order valence-electron chi connectivity index (χ2n) is 2.98. The minimum Gasteiger partial charge on any atom is -0.321 e. The van der Waals surface area contributed by atoms with Gasteiger partial charge in [0.15, 0.2) is 0 Å². The van der Waals surface area contributed by atoms with Gasteiger partial charge in [-0.1, -0.05) is 0 Å². The van der Waals surface area contributed by atoms with Gasteiger partial charge in [-0.15, -0.1) is 0 Å². The summed E-state index contributed by atoms with van der Waals surface area (Å²) in [7, 11) is 0. The van der Waals surface area contributed by atoms with Crippen molar-refractivity contribution in [2.24, 2.45) is 0 Å². The van der Waals surface area contributed by atoms with Crippen LogP contribution in [-0.2, 0) is 0 Å². The highest BCUT2D eigenvalue weighted by Gasteiger charge is 2.11. The smallest absolute Gasteiger partial charge is 0.271 e. The fraction of sp³-hybridized carbons (Fsp3) is 0. The molecule has 1 aromatic carbocycles. The van der Waals surface area contributed by atoms with Crippen LogP contribution in [0.25, 0.3) is 5.69 Å². The van der Waals surface area contributed by atoms with Gasteiger partial charge in [0.05, 0.1) is 10.6 Å². The quantitative estimate of drug-likeness (QED) is 0.560. The van der Waals surface area contributed by atoms with Crippen molar-refractivity contribution in [2.45, 2.75) is 0 Å². The fourth-order valence-corrected chi connectivity index (χ4v) is 1.31. The maximum Gasteiger partial charge on any atom is 0.271 e. The molecule has 0 aliphatic heterocycles. The normalized spacial score (nSPS) is 10.2. The van der Waals surface area contributed by atoms with Gasteiger partial charge in [-0.05, 0) is 18.2 Å². The SMILES string of the molecule is O=[N+]([O-])c1ccc(F)c(-n2cccc2)c1. The molecule has 0 N–H and O–H groups in total. The maximum atomic E-state index is 13.4. The van der Waals surface area contributed by atoms with E-state index < -0.39 is 10.7 Å². The second kappa shape index (κ2) is 3.53. The van der Waals surface area contributed by atoms with E-state index in [-0.39, 0.29) is 11.4 Å². The molecule has 0 fully saturated rings.